The molecule has 20 heavy (non-hydrogen) atoms. The molecule has 1 aliphatic heterocycles. The number of nitrogens with zero attached hydrogens (tertiary/aromatic N) is 1. The standard InChI is InChI=1S/C16H25N3O/c1-17-13-16(20)18-15-8-11-19(12-9-15)10-7-14-5-3-2-4-6-14/h2-6,15,17H,7-13H2,1H3,(H,18,20). The quantitative estimate of drug-likeness (QED) is 0.815. The molecule has 0 atom stereocenters. The zero-order chi connectivity index (χ0) is 14.2. The Morgan fingerprint density at radius 3 is 2.60 bits per heavy atom. The Bertz CT molecular complexity index is 399. The summed E-state index contributed by atoms with van der Waals surface area (Å²) < 4.78 is 0. The summed E-state index contributed by atoms with van der Waals surface area (Å²) in [5.74, 6) is 0.107. The molecule has 110 valence electrons. The molecule has 0 spiro atoms. The number of carbonyl (C=O) groups is 1. The maximum Gasteiger partial charge on any atom is 0.234 e. The highest BCUT2D eigenvalue weighted by Gasteiger charge is 2.19. The van der Waals surface area contributed by atoms with Crippen LogP contribution in [0.5, 0.6) is 0 Å². The first kappa shape index (κ1) is 15.0. The van der Waals surface area contributed by atoms with E-state index in [-0.39, 0.29) is 5.91 Å². The van der Waals surface area contributed by atoms with E-state index in [1.807, 2.05) is 0 Å². The van der Waals surface area contributed by atoms with Crippen LogP contribution in [0.4, 0.5) is 0 Å². The summed E-state index contributed by atoms with van der Waals surface area (Å²) in [6, 6.07) is 11.0. The zero-order valence-electron chi connectivity index (χ0n) is 12.3. The fraction of sp³-hybridized carbons (Fsp3) is 0.562. The van der Waals surface area contributed by atoms with Gasteiger partial charge in [-0.05, 0) is 31.9 Å². The van der Waals surface area contributed by atoms with E-state index in [0.717, 1.165) is 38.9 Å². The van der Waals surface area contributed by atoms with Crippen LogP contribution >= 0.6 is 0 Å². The second-order valence-electron chi connectivity index (χ2n) is 5.45. The molecule has 0 aliphatic carbocycles. The van der Waals surface area contributed by atoms with Gasteiger partial charge in [-0.3, -0.25) is 4.79 Å². The van der Waals surface area contributed by atoms with Gasteiger partial charge < -0.3 is 15.5 Å². The largest absolute Gasteiger partial charge is 0.352 e. The summed E-state index contributed by atoms with van der Waals surface area (Å²) in [4.78, 5) is 14.0. The van der Waals surface area contributed by atoms with E-state index in [4.69, 9.17) is 0 Å². The average Bonchev–Trinajstić information content (AvgIpc) is 2.48. The van der Waals surface area contributed by atoms with Crippen LogP contribution in [0.15, 0.2) is 30.3 Å². The molecule has 1 saturated heterocycles. The number of likely N-dealkylation sites (N-methyl/N-ethyl adjacent to an activating group) is 1. The molecule has 0 radical (unpaired) electrons. The zero-order valence-corrected chi connectivity index (χ0v) is 12.3. The van der Waals surface area contributed by atoms with Crippen LogP contribution < -0.4 is 10.6 Å². The Hall–Kier alpha value is -1.39. The molecule has 0 saturated carbocycles. The van der Waals surface area contributed by atoms with Gasteiger partial charge in [0.25, 0.3) is 0 Å². The topological polar surface area (TPSA) is 44.4 Å². The van der Waals surface area contributed by atoms with Gasteiger partial charge in [0.05, 0.1) is 6.54 Å². The van der Waals surface area contributed by atoms with Gasteiger partial charge in [0.2, 0.25) is 5.91 Å². The van der Waals surface area contributed by atoms with Crippen molar-refractivity contribution in [3.05, 3.63) is 35.9 Å². The van der Waals surface area contributed by atoms with Crippen molar-refractivity contribution in [2.24, 2.45) is 0 Å². The van der Waals surface area contributed by atoms with E-state index in [1.165, 1.54) is 5.56 Å². The van der Waals surface area contributed by atoms with Crippen LogP contribution in [-0.2, 0) is 11.2 Å². The van der Waals surface area contributed by atoms with Crippen molar-refractivity contribution < 1.29 is 4.79 Å². The molecule has 1 aromatic rings. The summed E-state index contributed by atoms with van der Waals surface area (Å²) in [6.45, 7) is 3.68. The Morgan fingerprint density at radius 1 is 1.25 bits per heavy atom. The first-order valence-corrected chi connectivity index (χ1v) is 7.48. The molecule has 0 unspecified atom stereocenters. The summed E-state index contributed by atoms with van der Waals surface area (Å²) in [6.07, 6.45) is 3.23. The van der Waals surface area contributed by atoms with Gasteiger partial charge >= 0.3 is 0 Å². The lowest BCUT2D eigenvalue weighted by atomic mass is 10.0. The number of hydrogen-bond acceptors (Lipinski definition) is 3. The number of likely N-dealkylation sites (tertiary alicyclic amines) is 1. The average molecular weight is 275 g/mol. The third-order valence-electron chi connectivity index (χ3n) is 3.85. The Kier molecular flexibility index (Phi) is 6.02. The molecule has 4 heteroatoms. The molecular weight excluding hydrogens is 250 g/mol. The van der Waals surface area contributed by atoms with E-state index in [1.54, 1.807) is 7.05 Å². The molecule has 1 heterocycles. The SMILES string of the molecule is CNCC(=O)NC1CCN(CCc2ccccc2)CC1. The van der Waals surface area contributed by atoms with Gasteiger partial charge in [0.1, 0.15) is 0 Å². The third kappa shape index (κ3) is 4.94. The lowest BCUT2D eigenvalue weighted by Gasteiger charge is -2.32. The lowest BCUT2D eigenvalue weighted by Crippen LogP contribution is -2.46. The van der Waals surface area contributed by atoms with Gasteiger partial charge in [-0.25, -0.2) is 0 Å². The van der Waals surface area contributed by atoms with Gasteiger partial charge in [0, 0.05) is 25.7 Å². The number of nitrogens with one attached hydrogen (secondary N) is 2. The number of carbonyl (C=O) groups excluding carboxylic acids is 1. The third-order valence-corrected chi connectivity index (χ3v) is 3.85. The molecular formula is C16H25N3O. The fourth-order valence-corrected chi connectivity index (χ4v) is 2.67. The number of rotatable bonds is 6. The van der Waals surface area contributed by atoms with Crippen molar-refractivity contribution in [3.8, 4) is 0 Å². The summed E-state index contributed by atoms with van der Waals surface area (Å²) in [5, 5.41) is 5.97. The number of piperidine rings is 1. The highest BCUT2D eigenvalue weighted by Crippen LogP contribution is 2.11. The monoisotopic (exact) mass is 275 g/mol. The first-order valence-electron chi connectivity index (χ1n) is 7.48. The van der Waals surface area contributed by atoms with Crippen molar-refractivity contribution in [1.82, 2.24) is 15.5 Å². The van der Waals surface area contributed by atoms with E-state index >= 15 is 0 Å². The minimum Gasteiger partial charge on any atom is -0.352 e. The molecule has 2 rings (SSSR count). The van der Waals surface area contributed by atoms with Crippen molar-refractivity contribution in [2.45, 2.75) is 25.3 Å². The maximum absolute atomic E-state index is 11.5. The summed E-state index contributed by atoms with van der Waals surface area (Å²) >= 11 is 0. The van der Waals surface area contributed by atoms with Crippen molar-refractivity contribution in [2.75, 3.05) is 33.2 Å². The van der Waals surface area contributed by atoms with Gasteiger partial charge in [0.15, 0.2) is 0 Å². The van der Waals surface area contributed by atoms with E-state index in [2.05, 4.69) is 45.9 Å². The molecule has 2 N–H and O–H groups in total. The number of benzene rings is 1. The van der Waals surface area contributed by atoms with E-state index < -0.39 is 0 Å². The first-order chi connectivity index (χ1) is 9.78. The lowest BCUT2D eigenvalue weighted by molar-refractivity contribution is -0.121. The van der Waals surface area contributed by atoms with Crippen molar-refractivity contribution in [3.63, 3.8) is 0 Å². The van der Waals surface area contributed by atoms with Crippen molar-refractivity contribution in [1.29, 1.82) is 0 Å². The van der Waals surface area contributed by atoms with Gasteiger partial charge in [-0.1, -0.05) is 30.3 Å². The normalized spacial score (nSPS) is 17.1. The maximum atomic E-state index is 11.5. The van der Waals surface area contributed by atoms with Gasteiger partial charge in [-0.15, -0.1) is 0 Å². The number of amides is 1. The minimum absolute atomic E-state index is 0.107. The molecule has 4 nitrogen and oxygen atoms in total. The molecule has 1 amide bonds. The molecule has 0 bridgehead atoms. The van der Waals surface area contributed by atoms with Crippen LogP contribution in [0, 0.1) is 0 Å². The number of hydrogen-bond donors (Lipinski definition) is 2. The highest BCUT2D eigenvalue weighted by atomic mass is 16.1. The minimum atomic E-state index is 0.107. The second kappa shape index (κ2) is 8.02. The summed E-state index contributed by atoms with van der Waals surface area (Å²) in [5.41, 5.74) is 1.40. The predicted octanol–water partition coefficient (Wildman–Crippen LogP) is 1.03. The van der Waals surface area contributed by atoms with Crippen LogP contribution in [0.1, 0.15) is 18.4 Å². The Morgan fingerprint density at radius 2 is 1.95 bits per heavy atom. The van der Waals surface area contributed by atoms with Crippen LogP contribution in [0.2, 0.25) is 0 Å². The molecule has 0 aromatic heterocycles. The smallest absolute Gasteiger partial charge is 0.234 e. The van der Waals surface area contributed by atoms with E-state index in [9.17, 15) is 4.79 Å². The Balaban J connectivity index is 1.65. The fourth-order valence-electron chi connectivity index (χ4n) is 2.67. The second-order valence-corrected chi connectivity index (χ2v) is 5.45. The van der Waals surface area contributed by atoms with Gasteiger partial charge in [-0.2, -0.15) is 0 Å². The highest BCUT2D eigenvalue weighted by molar-refractivity contribution is 5.78. The molecule has 1 fully saturated rings. The predicted molar refractivity (Wildman–Crippen MR) is 81.7 cm³/mol. The van der Waals surface area contributed by atoms with Crippen molar-refractivity contribution >= 4 is 5.91 Å². The van der Waals surface area contributed by atoms with Crippen LogP contribution in [0.3, 0.4) is 0 Å². The van der Waals surface area contributed by atoms with E-state index in [0.29, 0.717) is 12.6 Å². The molecule has 1 aliphatic rings. The molecule has 1 aromatic carbocycles. The van der Waals surface area contributed by atoms with Crippen LogP contribution in [-0.4, -0.2) is 50.1 Å². The van der Waals surface area contributed by atoms with Crippen LogP contribution in [0.25, 0.3) is 0 Å². The summed E-state index contributed by atoms with van der Waals surface area (Å²) in [7, 11) is 1.80. The Labute approximate surface area is 121 Å².